The summed E-state index contributed by atoms with van der Waals surface area (Å²) in [6.45, 7) is 0. The third-order valence-corrected chi connectivity index (χ3v) is 4.83. The number of phenolic OH excluding ortho intramolecular Hbond substituents is 1. The standard InChI is InChI=1S/C16H10F3N5O3S/c17-16(18,19)27-8-2-1-5(3-7(8)25)9-6(4-20)13(22)24-15-10(9)11(21)12(28-15)14(23)26/h1-3,25H,21H2,(H2,22,24)(H2,23,26). The monoisotopic (exact) mass is 409 g/mol. The van der Waals surface area contributed by atoms with Crippen LogP contribution in [-0.4, -0.2) is 22.4 Å². The van der Waals surface area contributed by atoms with Gasteiger partial charge in [-0.2, -0.15) is 5.26 Å². The molecule has 0 spiro atoms. The lowest BCUT2D eigenvalue weighted by atomic mass is 9.97. The van der Waals surface area contributed by atoms with Crippen LogP contribution in [0.1, 0.15) is 15.2 Å². The summed E-state index contributed by atoms with van der Waals surface area (Å²) in [6.07, 6.45) is -5.00. The Morgan fingerprint density at radius 2 is 2.00 bits per heavy atom. The number of rotatable bonds is 3. The van der Waals surface area contributed by atoms with Crippen LogP contribution in [0.2, 0.25) is 0 Å². The predicted molar refractivity (Wildman–Crippen MR) is 95.5 cm³/mol. The number of hydrogen-bond donors (Lipinski definition) is 4. The van der Waals surface area contributed by atoms with Crippen LogP contribution < -0.4 is 21.9 Å². The fourth-order valence-corrected chi connectivity index (χ4v) is 3.60. The number of carbonyl (C=O) groups excluding carboxylic acids is 1. The van der Waals surface area contributed by atoms with E-state index in [-0.39, 0.29) is 43.3 Å². The second-order valence-electron chi connectivity index (χ2n) is 5.48. The molecule has 0 aliphatic rings. The Hall–Kier alpha value is -3.72. The molecule has 0 unspecified atom stereocenters. The van der Waals surface area contributed by atoms with E-state index in [1.54, 1.807) is 0 Å². The van der Waals surface area contributed by atoms with Gasteiger partial charge in [0.2, 0.25) is 0 Å². The quantitative estimate of drug-likeness (QED) is 0.517. The van der Waals surface area contributed by atoms with Crippen molar-refractivity contribution in [3.8, 4) is 28.7 Å². The molecule has 0 radical (unpaired) electrons. The molecule has 0 aliphatic carbocycles. The average molecular weight is 409 g/mol. The lowest BCUT2D eigenvalue weighted by Crippen LogP contribution is -2.17. The third kappa shape index (κ3) is 3.19. The molecule has 144 valence electrons. The molecule has 0 fully saturated rings. The van der Waals surface area contributed by atoms with E-state index < -0.39 is 23.8 Å². The summed E-state index contributed by atoms with van der Waals surface area (Å²) in [5, 5.41) is 19.6. The second-order valence-corrected chi connectivity index (χ2v) is 6.48. The zero-order valence-electron chi connectivity index (χ0n) is 13.7. The van der Waals surface area contributed by atoms with E-state index in [2.05, 4.69) is 9.72 Å². The van der Waals surface area contributed by atoms with E-state index in [1.165, 1.54) is 6.07 Å². The summed E-state index contributed by atoms with van der Waals surface area (Å²) in [4.78, 5) is 15.8. The highest BCUT2D eigenvalue weighted by Crippen LogP contribution is 2.44. The van der Waals surface area contributed by atoms with Gasteiger partial charge in [0.25, 0.3) is 5.91 Å². The van der Waals surface area contributed by atoms with E-state index in [0.29, 0.717) is 0 Å². The number of nitrogens with two attached hydrogens (primary N) is 3. The van der Waals surface area contributed by atoms with Crippen molar-refractivity contribution in [3.63, 3.8) is 0 Å². The number of carbonyl (C=O) groups is 1. The maximum atomic E-state index is 12.4. The van der Waals surface area contributed by atoms with Crippen molar-refractivity contribution in [2.24, 2.45) is 5.73 Å². The number of alkyl halides is 3. The van der Waals surface area contributed by atoms with Gasteiger partial charge in [-0.1, -0.05) is 6.07 Å². The number of aromatic nitrogens is 1. The molecule has 2 heterocycles. The lowest BCUT2D eigenvalue weighted by Gasteiger charge is -2.13. The van der Waals surface area contributed by atoms with E-state index in [9.17, 15) is 28.3 Å². The minimum atomic E-state index is -5.00. The Labute approximate surface area is 158 Å². The molecule has 12 heteroatoms. The van der Waals surface area contributed by atoms with Gasteiger partial charge in [0.05, 0.1) is 5.69 Å². The number of nitrogen functional groups attached to an aromatic ring is 2. The van der Waals surface area contributed by atoms with Crippen molar-refractivity contribution >= 4 is 39.0 Å². The molecule has 8 nitrogen and oxygen atoms in total. The van der Waals surface area contributed by atoms with E-state index in [1.807, 2.05) is 6.07 Å². The van der Waals surface area contributed by atoms with Crippen LogP contribution in [-0.2, 0) is 0 Å². The van der Waals surface area contributed by atoms with Crippen LogP contribution in [0.15, 0.2) is 18.2 Å². The van der Waals surface area contributed by atoms with Crippen LogP contribution >= 0.6 is 11.3 Å². The number of ether oxygens (including phenoxy) is 1. The second kappa shape index (κ2) is 6.46. The smallest absolute Gasteiger partial charge is 0.504 e. The lowest BCUT2D eigenvalue weighted by molar-refractivity contribution is -0.275. The number of amides is 1. The normalized spacial score (nSPS) is 11.4. The van der Waals surface area contributed by atoms with Crippen molar-refractivity contribution in [2.75, 3.05) is 11.5 Å². The van der Waals surface area contributed by atoms with Gasteiger partial charge in [-0.25, -0.2) is 4.98 Å². The van der Waals surface area contributed by atoms with Crippen molar-refractivity contribution in [1.82, 2.24) is 4.98 Å². The number of hydrogen-bond acceptors (Lipinski definition) is 8. The van der Waals surface area contributed by atoms with E-state index in [0.717, 1.165) is 23.5 Å². The van der Waals surface area contributed by atoms with Gasteiger partial charge in [0.15, 0.2) is 11.5 Å². The number of pyridine rings is 1. The number of thiophene rings is 1. The van der Waals surface area contributed by atoms with Gasteiger partial charge in [0, 0.05) is 10.9 Å². The van der Waals surface area contributed by atoms with Crippen LogP contribution in [0, 0.1) is 11.3 Å². The molecule has 28 heavy (non-hydrogen) atoms. The van der Waals surface area contributed by atoms with E-state index in [4.69, 9.17) is 17.2 Å². The summed E-state index contributed by atoms with van der Waals surface area (Å²) >= 11 is 0.853. The summed E-state index contributed by atoms with van der Waals surface area (Å²) in [6, 6.07) is 4.85. The third-order valence-electron chi connectivity index (χ3n) is 3.71. The summed E-state index contributed by atoms with van der Waals surface area (Å²) in [5.74, 6) is -2.66. The van der Waals surface area contributed by atoms with Crippen molar-refractivity contribution < 1.29 is 27.8 Å². The first-order chi connectivity index (χ1) is 13.0. The number of aromatic hydroxyl groups is 1. The molecular weight excluding hydrogens is 399 g/mol. The molecule has 0 saturated heterocycles. The predicted octanol–water partition coefficient (Wildman–Crippen LogP) is 2.70. The van der Waals surface area contributed by atoms with Crippen molar-refractivity contribution in [3.05, 3.63) is 28.6 Å². The highest BCUT2D eigenvalue weighted by molar-refractivity contribution is 7.21. The molecule has 2 aromatic heterocycles. The van der Waals surface area contributed by atoms with Gasteiger partial charge >= 0.3 is 6.36 Å². The average Bonchev–Trinajstić information content (AvgIpc) is 2.91. The first-order valence-corrected chi connectivity index (χ1v) is 8.15. The molecular formula is C16H10F3N5O3S. The maximum absolute atomic E-state index is 12.4. The first-order valence-electron chi connectivity index (χ1n) is 7.34. The summed E-state index contributed by atoms with van der Waals surface area (Å²) < 4.78 is 40.9. The van der Waals surface area contributed by atoms with Gasteiger partial charge in [-0.15, -0.1) is 24.5 Å². The first kappa shape index (κ1) is 19.1. The summed E-state index contributed by atoms with van der Waals surface area (Å²) in [7, 11) is 0. The number of phenols is 1. The molecule has 3 rings (SSSR count). The Morgan fingerprint density at radius 3 is 2.54 bits per heavy atom. The van der Waals surface area contributed by atoms with Crippen LogP contribution in [0.5, 0.6) is 11.5 Å². The number of anilines is 2. The highest BCUT2D eigenvalue weighted by atomic mass is 32.1. The number of nitriles is 1. The minimum absolute atomic E-state index is 0.0144. The highest BCUT2D eigenvalue weighted by Gasteiger charge is 2.32. The Morgan fingerprint density at radius 1 is 1.32 bits per heavy atom. The number of halogens is 3. The molecule has 7 N–H and O–H groups in total. The fourth-order valence-electron chi connectivity index (χ4n) is 2.64. The number of benzene rings is 1. The van der Waals surface area contributed by atoms with Gasteiger partial charge in [-0.05, 0) is 17.7 Å². The Kier molecular flexibility index (Phi) is 4.40. The largest absolute Gasteiger partial charge is 0.573 e. The molecule has 3 aromatic rings. The van der Waals surface area contributed by atoms with Crippen LogP contribution in [0.25, 0.3) is 21.3 Å². The topological polar surface area (TPSA) is 161 Å². The molecule has 0 bridgehead atoms. The number of primary amides is 1. The van der Waals surface area contributed by atoms with Gasteiger partial charge < -0.3 is 27.0 Å². The van der Waals surface area contributed by atoms with Crippen LogP contribution in [0.4, 0.5) is 24.7 Å². The van der Waals surface area contributed by atoms with Crippen molar-refractivity contribution in [2.45, 2.75) is 6.36 Å². The Balaban J connectivity index is 2.32. The molecule has 1 aromatic carbocycles. The zero-order valence-corrected chi connectivity index (χ0v) is 14.5. The molecule has 0 atom stereocenters. The summed E-state index contributed by atoms with van der Waals surface area (Å²) in [5.41, 5.74) is 17.1. The molecule has 1 amide bonds. The fraction of sp³-hybridized carbons (Fsp3) is 0.0625. The number of fused-ring (bicyclic) bond motifs is 1. The molecule has 0 saturated carbocycles. The zero-order chi connectivity index (χ0) is 20.8. The van der Waals surface area contributed by atoms with Crippen molar-refractivity contribution in [1.29, 1.82) is 5.26 Å². The van der Waals surface area contributed by atoms with Gasteiger partial charge in [0.1, 0.15) is 27.2 Å². The van der Waals surface area contributed by atoms with Crippen LogP contribution in [0.3, 0.4) is 0 Å². The number of nitrogens with zero attached hydrogens (tertiary/aromatic N) is 2. The SMILES string of the molecule is N#Cc1c(N)nc2sc(C(N)=O)c(N)c2c1-c1ccc(OC(F)(F)F)c(O)c1. The molecule has 0 aliphatic heterocycles. The maximum Gasteiger partial charge on any atom is 0.573 e. The minimum Gasteiger partial charge on any atom is -0.504 e. The van der Waals surface area contributed by atoms with Gasteiger partial charge in [-0.3, -0.25) is 4.79 Å². The van der Waals surface area contributed by atoms with E-state index >= 15 is 0 Å². The Bertz CT molecular complexity index is 1170.